The van der Waals surface area contributed by atoms with E-state index < -0.39 is 0 Å². The Balaban J connectivity index is 2.05. The molecule has 0 aliphatic carbocycles. The van der Waals surface area contributed by atoms with Gasteiger partial charge < -0.3 is 0 Å². The third-order valence-corrected chi connectivity index (χ3v) is 3.92. The number of aldehydes is 1. The van der Waals surface area contributed by atoms with Gasteiger partial charge in [0.15, 0.2) is 0 Å². The van der Waals surface area contributed by atoms with Gasteiger partial charge >= 0.3 is 0 Å². The van der Waals surface area contributed by atoms with Crippen LogP contribution in [0.4, 0.5) is 0 Å². The molecule has 0 saturated carbocycles. The summed E-state index contributed by atoms with van der Waals surface area (Å²) in [7, 11) is 0. The average Bonchev–Trinajstić information content (AvgIpc) is 2.36. The number of nitrogens with zero attached hydrogens (tertiary/aromatic N) is 1. The average molecular weight is 264 g/mol. The van der Waals surface area contributed by atoms with Crippen LogP contribution < -0.4 is 0 Å². The molecule has 18 heavy (non-hydrogen) atoms. The van der Waals surface area contributed by atoms with Crippen molar-refractivity contribution in [1.82, 2.24) is 4.90 Å². The first-order valence-corrected chi connectivity index (χ1v) is 6.68. The summed E-state index contributed by atoms with van der Waals surface area (Å²) in [4.78, 5) is 13.0. The van der Waals surface area contributed by atoms with E-state index in [1.807, 2.05) is 18.2 Å². The number of benzene rings is 1. The molecule has 1 aliphatic heterocycles. The van der Waals surface area contributed by atoms with Crippen LogP contribution in [0.5, 0.6) is 0 Å². The molecule has 1 saturated heterocycles. The predicted molar refractivity (Wildman–Crippen MR) is 74.7 cm³/mol. The minimum Gasteiger partial charge on any atom is -0.299 e. The van der Waals surface area contributed by atoms with E-state index in [9.17, 15) is 4.79 Å². The van der Waals surface area contributed by atoms with Gasteiger partial charge in [0.2, 0.25) is 0 Å². The molecule has 2 rings (SSSR count). The molecule has 2 nitrogen and oxygen atoms in total. The van der Waals surface area contributed by atoms with Gasteiger partial charge in [-0.3, -0.25) is 9.69 Å². The highest BCUT2D eigenvalue weighted by molar-refractivity contribution is 6.31. The van der Waals surface area contributed by atoms with Gasteiger partial charge in [0.1, 0.15) is 6.29 Å². The summed E-state index contributed by atoms with van der Waals surface area (Å²) in [5.74, 6) is 0.512. The minimum atomic E-state index is 0.512. The van der Waals surface area contributed by atoms with Crippen LogP contribution in [0.3, 0.4) is 0 Å². The van der Waals surface area contributed by atoms with E-state index in [1.54, 1.807) is 6.08 Å². The van der Waals surface area contributed by atoms with Crippen LogP contribution in [0.25, 0.3) is 0 Å². The highest BCUT2D eigenvalue weighted by atomic mass is 35.5. The van der Waals surface area contributed by atoms with Crippen LogP contribution in [0.1, 0.15) is 18.9 Å². The molecule has 1 fully saturated rings. The van der Waals surface area contributed by atoms with Gasteiger partial charge in [0, 0.05) is 18.1 Å². The van der Waals surface area contributed by atoms with Gasteiger partial charge in [-0.1, -0.05) is 42.3 Å². The molecule has 96 valence electrons. The van der Waals surface area contributed by atoms with Crippen LogP contribution in [0, 0.1) is 5.92 Å². The Kier molecular flexibility index (Phi) is 4.56. The molecule has 1 aromatic carbocycles. The number of likely N-dealkylation sites (tertiary alicyclic amines) is 1. The zero-order chi connectivity index (χ0) is 13.0. The van der Waals surface area contributed by atoms with Gasteiger partial charge in [-0.2, -0.15) is 0 Å². The third kappa shape index (κ3) is 3.21. The Labute approximate surface area is 113 Å². The first kappa shape index (κ1) is 13.3. The van der Waals surface area contributed by atoms with Crippen molar-refractivity contribution in [3.05, 3.63) is 46.5 Å². The van der Waals surface area contributed by atoms with Crippen molar-refractivity contribution in [2.75, 3.05) is 13.1 Å². The van der Waals surface area contributed by atoms with Crippen molar-refractivity contribution in [2.24, 2.45) is 5.92 Å². The van der Waals surface area contributed by atoms with E-state index in [2.05, 4.69) is 17.9 Å². The normalized spacial score (nSPS) is 23.2. The summed E-state index contributed by atoms with van der Waals surface area (Å²) in [6, 6.07) is 7.94. The van der Waals surface area contributed by atoms with E-state index in [-0.39, 0.29) is 0 Å². The second-order valence-electron chi connectivity index (χ2n) is 4.87. The van der Waals surface area contributed by atoms with Gasteiger partial charge in [0.05, 0.1) is 0 Å². The van der Waals surface area contributed by atoms with E-state index in [4.69, 9.17) is 11.6 Å². The second-order valence-corrected chi connectivity index (χ2v) is 5.28. The zero-order valence-electron chi connectivity index (χ0n) is 10.6. The molecule has 3 heteroatoms. The predicted octanol–water partition coefficient (Wildman–Crippen LogP) is 3.31. The molecule has 0 spiro atoms. The molecule has 0 N–H and O–H groups in total. The number of carbonyl (C=O) groups excluding carboxylic acids is 1. The number of rotatable bonds is 3. The van der Waals surface area contributed by atoms with Crippen molar-refractivity contribution in [3.63, 3.8) is 0 Å². The number of piperidine rings is 1. The van der Waals surface area contributed by atoms with Crippen molar-refractivity contribution < 1.29 is 4.79 Å². The standard InChI is InChI=1S/C15H18ClNO/c1-12-6-8-17(10-13(12)7-9-18)11-14-4-2-3-5-15(14)16/h2-5,7,9,12H,6,8,10-11H2,1H3/b13-7-. The lowest BCUT2D eigenvalue weighted by molar-refractivity contribution is -0.104. The lowest BCUT2D eigenvalue weighted by atomic mass is 9.92. The fraction of sp³-hybridized carbons (Fsp3) is 0.400. The highest BCUT2D eigenvalue weighted by Gasteiger charge is 2.20. The van der Waals surface area contributed by atoms with E-state index in [1.165, 1.54) is 5.57 Å². The number of carbonyl (C=O) groups is 1. The number of hydrogen-bond acceptors (Lipinski definition) is 2. The molecule has 0 bridgehead atoms. The quantitative estimate of drug-likeness (QED) is 0.616. The molecule has 0 amide bonds. The molecule has 1 unspecified atom stereocenters. The molecule has 0 aromatic heterocycles. The zero-order valence-corrected chi connectivity index (χ0v) is 11.4. The number of hydrogen-bond donors (Lipinski definition) is 0. The molecular formula is C15H18ClNO. The Bertz CT molecular complexity index is 456. The Morgan fingerprint density at radius 2 is 2.22 bits per heavy atom. The van der Waals surface area contributed by atoms with Crippen molar-refractivity contribution in [3.8, 4) is 0 Å². The third-order valence-electron chi connectivity index (χ3n) is 3.55. The molecule has 1 heterocycles. The second kappa shape index (κ2) is 6.17. The lowest BCUT2D eigenvalue weighted by Crippen LogP contribution is -2.34. The van der Waals surface area contributed by atoms with Gasteiger partial charge in [0.25, 0.3) is 0 Å². The topological polar surface area (TPSA) is 20.3 Å². The molecule has 1 aromatic rings. The summed E-state index contributed by atoms with van der Waals surface area (Å²) in [6.07, 6.45) is 3.71. The van der Waals surface area contributed by atoms with E-state index in [0.29, 0.717) is 5.92 Å². The van der Waals surface area contributed by atoms with Gasteiger partial charge in [-0.15, -0.1) is 0 Å². The SMILES string of the molecule is CC1CCN(Cc2ccccc2Cl)C/C1=C/C=O. The summed E-state index contributed by atoms with van der Waals surface area (Å²) >= 11 is 6.17. The summed E-state index contributed by atoms with van der Waals surface area (Å²) in [6.45, 7) is 4.96. The summed E-state index contributed by atoms with van der Waals surface area (Å²) < 4.78 is 0. The van der Waals surface area contributed by atoms with Gasteiger partial charge in [-0.25, -0.2) is 0 Å². The summed E-state index contributed by atoms with van der Waals surface area (Å²) in [5, 5.41) is 0.817. The van der Waals surface area contributed by atoms with Crippen LogP contribution in [-0.2, 0) is 11.3 Å². The van der Waals surface area contributed by atoms with Crippen LogP contribution in [0.2, 0.25) is 5.02 Å². The largest absolute Gasteiger partial charge is 0.299 e. The number of allylic oxidation sites excluding steroid dienone is 1. The van der Waals surface area contributed by atoms with Crippen molar-refractivity contribution in [2.45, 2.75) is 19.9 Å². The first-order chi connectivity index (χ1) is 8.70. The molecule has 0 radical (unpaired) electrons. The van der Waals surface area contributed by atoms with Crippen LogP contribution >= 0.6 is 11.6 Å². The molecular weight excluding hydrogens is 246 g/mol. The van der Waals surface area contributed by atoms with E-state index >= 15 is 0 Å². The molecule has 1 atom stereocenters. The minimum absolute atomic E-state index is 0.512. The Hall–Kier alpha value is -1.12. The fourth-order valence-electron chi connectivity index (χ4n) is 2.36. The smallest absolute Gasteiger partial charge is 0.142 e. The maximum absolute atomic E-state index is 10.6. The van der Waals surface area contributed by atoms with Crippen LogP contribution in [-0.4, -0.2) is 24.3 Å². The molecule has 1 aliphatic rings. The first-order valence-electron chi connectivity index (χ1n) is 6.30. The Morgan fingerprint density at radius 1 is 1.44 bits per heavy atom. The lowest BCUT2D eigenvalue weighted by Gasteiger charge is -2.32. The fourth-order valence-corrected chi connectivity index (χ4v) is 2.56. The van der Waals surface area contributed by atoms with Crippen molar-refractivity contribution >= 4 is 17.9 Å². The highest BCUT2D eigenvalue weighted by Crippen LogP contribution is 2.25. The van der Waals surface area contributed by atoms with Gasteiger partial charge in [-0.05, 0) is 36.6 Å². The maximum atomic E-state index is 10.6. The summed E-state index contributed by atoms with van der Waals surface area (Å²) in [5.41, 5.74) is 2.38. The van der Waals surface area contributed by atoms with Crippen molar-refractivity contribution in [1.29, 1.82) is 0 Å². The van der Waals surface area contributed by atoms with Crippen LogP contribution in [0.15, 0.2) is 35.9 Å². The number of halogens is 1. The monoisotopic (exact) mass is 263 g/mol. The van der Waals surface area contributed by atoms with E-state index in [0.717, 1.165) is 42.9 Å². The maximum Gasteiger partial charge on any atom is 0.142 e. The Morgan fingerprint density at radius 3 is 2.94 bits per heavy atom.